The van der Waals surface area contributed by atoms with Crippen molar-refractivity contribution in [2.24, 2.45) is 0 Å². The predicted molar refractivity (Wildman–Crippen MR) is 163 cm³/mol. The second-order valence-corrected chi connectivity index (χ2v) is 11.4. The Kier molecular flexibility index (Phi) is 10.1. The summed E-state index contributed by atoms with van der Waals surface area (Å²) >= 11 is 0. The van der Waals surface area contributed by atoms with Crippen LogP contribution in [0.15, 0.2) is 95.9 Å². The van der Waals surface area contributed by atoms with Gasteiger partial charge in [0.2, 0.25) is 10.0 Å². The molecule has 0 saturated heterocycles. The molecule has 0 fully saturated rings. The van der Waals surface area contributed by atoms with E-state index in [1.165, 1.54) is 14.2 Å². The first-order valence-corrected chi connectivity index (χ1v) is 14.8. The SMILES string of the molecule is COC(=O)c1ccccc1-c1cc(CC(NS(=O)(=O)c2ccc([N+](=O)[O-])cc2)C(=O)OC)cc(-c2ccccc2C(=O)OC)c1. The third-order valence-corrected chi connectivity index (χ3v) is 8.35. The Morgan fingerprint density at radius 3 is 1.69 bits per heavy atom. The minimum absolute atomic E-state index is 0.208. The molecule has 12 nitrogen and oxygen atoms in total. The van der Waals surface area contributed by atoms with Gasteiger partial charge < -0.3 is 14.2 Å². The maximum Gasteiger partial charge on any atom is 0.338 e. The van der Waals surface area contributed by atoms with Gasteiger partial charge in [0, 0.05) is 12.1 Å². The van der Waals surface area contributed by atoms with Crippen LogP contribution in [0.2, 0.25) is 0 Å². The molecule has 0 radical (unpaired) electrons. The van der Waals surface area contributed by atoms with Gasteiger partial charge in [-0.2, -0.15) is 4.72 Å². The quantitative estimate of drug-likeness (QED) is 0.107. The third-order valence-electron chi connectivity index (χ3n) is 6.86. The third kappa shape index (κ3) is 7.40. The average molecular weight is 633 g/mol. The molecule has 4 rings (SSSR count). The first kappa shape index (κ1) is 32.5. The summed E-state index contributed by atoms with van der Waals surface area (Å²) in [6.45, 7) is 0. The maximum atomic E-state index is 13.2. The highest BCUT2D eigenvalue weighted by Gasteiger charge is 2.28. The van der Waals surface area contributed by atoms with Gasteiger partial charge in [0.05, 0.1) is 42.3 Å². The van der Waals surface area contributed by atoms with Crippen LogP contribution in [0, 0.1) is 10.1 Å². The molecular weight excluding hydrogens is 604 g/mol. The second-order valence-electron chi connectivity index (χ2n) is 9.65. The number of nitrogens with zero attached hydrogens (tertiary/aromatic N) is 1. The van der Waals surface area contributed by atoms with E-state index >= 15 is 0 Å². The fraction of sp³-hybridized carbons (Fsp3) is 0.156. The van der Waals surface area contributed by atoms with Crippen molar-refractivity contribution < 1.29 is 41.9 Å². The van der Waals surface area contributed by atoms with Gasteiger partial charge in [-0.15, -0.1) is 0 Å². The largest absolute Gasteiger partial charge is 0.468 e. The summed E-state index contributed by atoms with van der Waals surface area (Å²) < 4.78 is 43.6. The molecule has 1 unspecified atom stereocenters. The number of benzene rings is 4. The molecule has 1 N–H and O–H groups in total. The van der Waals surface area contributed by atoms with Gasteiger partial charge in [-0.3, -0.25) is 14.9 Å². The molecule has 4 aromatic carbocycles. The molecule has 4 aromatic rings. The lowest BCUT2D eigenvalue weighted by molar-refractivity contribution is -0.384. The lowest BCUT2D eigenvalue weighted by Crippen LogP contribution is -2.43. The van der Waals surface area contributed by atoms with E-state index in [-0.39, 0.29) is 28.1 Å². The van der Waals surface area contributed by atoms with Crippen LogP contribution in [0.25, 0.3) is 22.3 Å². The normalized spacial score (nSPS) is 11.7. The van der Waals surface area contributed by atoms with E-state index in [0.29, 0.717) is 27.8 Å². The number of non-ortho nitro benzene ring substituents is 1. The molecule has 0 heterocycles. The van der Waals surface area contributed by atoms with Crippen molar-refractivity contribution >= 4 is 33.6 Å². The number of hydrogen-bond donors (Lipinski definition) is 1. The van der Waals surface area contributed by atoms with E-state index in [0.717, 1.165) is 31.4 Å². The minimum atomic E-state index is -4.34. The summed E-state index contributed by atoms with van der Waals surface area (Å²) in [5, 5.41) is 11.0. The van der Waals surface area contributed by atoms with Crippen molar-refractivity contribution in [2.75, 3.05) is 21.3 Å². The van der Waals surface area contributed by atoms with Crippen molar-refractivity contribution in [1.82, 2.24) is 4.72 Å². The summed E-state index contributed by atoms with van der Waals surface area (Å²) in [6, 6.07) is 21.3. The Labute approximate surface area is 258 Å². The van der Waals surface area contributed by atoms with Crippen LogP contribution >= 0.6 is 0 Å². The molecule has 0 aliphatic carbocycles. The van der Waals surface area contributed by atoms with Crippen molar-refractivity contribution in [3.05, 3.63) is 118 Å². The standard InChI is InChI=1S/C32H28N2O10S/c1-42-30(35)27-10-6-4-8-25(27)21-16-20(17-22(19-21)26-9-5-7-11-28(26)31(36)43-2)18-29(32(37)44-3)33-45(40,41)24-14-12-23(13-15-24)34(38)39/h4-17,19,29,33H,18H2,1-3H3. The number of nitrogens with one attached hydrogen (secondary N) is 1. The van der Waals surface area contributed by atoms with Gasteiger partial charge in [-0.25, -0.2) is 18.0 Å². The number of carbonyl (C=O) groups is 3. The maximum absolute atomic E-state index is 13.2. The highest BCUT2D eigenvalue weighted by molar-refractivity contribution is 7.89. The van der Waals surface area contributed by atoms with Crippen LogP contribution in [0.3, 0.4) is 0 Å². The molecule has 0 bridgehead atoms. The molecule has 0 aromatic heterocycles. The molecule has 0 saturated carbocycles. The summed E-state index contributed by atoms with van der Waals surface area (Å²) in [7, 11) is -0.721. The Morgan fingerprint density at radius 1 is 0.756 bits per heavy atom. The van der Waals surface area contributed by atoms with Crippen LogP contribution in [0.5, 0.6) is 0 Å². The molecule has 0 amide bonds. The fourth-order valence-corrected chi connectivity index (χ4v) is 5.90. The van der Waals surface area contributed by atoms with Gasteiger partial charge in [0.15, 0.2) is 0 Å². The van der Waals surface area contributed by atoms with Crippen LogP contribution in [0.1, 0.15) is 26.3 Å². The number of nitro benzene ring substituents is 1. The number of methoxy groups -OCH3 is 3. The Morgan fingerprint density at radius 2 is 1.24 bits per heavy atom. The highest BCUT2D eigenvalue weighted by Crippen LogP contribution is 2.33. The van der Waals surface area contributed by atoms with Gasteiger partial charge in [-0.1, -0.05) is 48.5 Å². The number of ether oxygens (including phenoxy) is 3. The first-order valence-electron chi connectivity index (χ1n) is 13.3. The van der Waals surface area contributed by atoms with Gasteiger partial charge in [-0.05, 0) is 64.6 Å². The van der Waals surface area contributed by atoms with Crippen LogP contribution < -0.4 is 4.72 Å². The van der Waals surface area contributed by atoms with Crippen molar-refractivity contribution in [3.8, 4) is 22.3 Å². The number of sulfonamides is 1. The average Bonchev–Trinajstić information content (AvgIpc) is 3.06. The highest BCUT2D eigenvalue weighted by atomic mass is 32.2. The Balaban J connectivity index is 1.85. The summed E-state index contributed by atoms with van der Waals surface area (Å²) in [5.74, 6) is -2.07. The zero-order valence-corrected chi connectivity index (χ0v) is 25.2. The van der Waals surface area contributed by atoms with Gasteiger partial charge >= 0.3 is 17.9 Å². The Hall–Kier alpha value is -5.40. The van der Waals surface area contributed by atoms with E-state index in [9.17, 15) is 32.9 Å². The topological polar surface area (TPSA) is 168 Å². The number of rotatable bonds is 11. The van der Waals surface area contributed by atoms with Crippen LogP contribution in [-0.2, 0) is 35.4 Å². The molecule has 13 heteroatoms. The van der Waals surface area contributed by atoms with Crippen LogP contribution in [0.4, 0.5) is 5.69 Å². The molecule has 0 spiro atoms. The van der Waals surface area contributed by atoms with Crippen molar-refractivity contribution in [1.29, 1.82) is 0 Å². The van der Waals surface area contributed by atoms with Crippen LogP contribution in [-0.4, -0.2) is 58.6 Å². The lowest BCUT2D eigenvalue weighted by Gasteiger charge is -2.19. The van der Waals surface area contributed by atoms with E-state index in [2.05, 4.69) is 4.72 Å². The Bertz CT molecular complexity index is 1790. The van der Waals surface area contributed by atoms with E-state index in [4.69, 9.17) is 14.2 Å². The zero-order valence-electron chi connectivity index (χ0n) is 24.4. The molecular formula is C32H28N2O10S. The molecule has 232 valence electrons. The number of hydrogen-bond acceptors (Lipinski definition) is 10. The molecule has 0 aliphatic rings. The summed E-state index contributed by atoms with van der Waals surface area (Å²) in [5.41, 5.74) is 2.68. The smallest absolute Gasteiger partial charge is 0.338 e. The van der Waals surface area contributed by atoms with E-state index in [1.807, 2.05) is 0 Å². The monoisotopic (exact) mass is 632 g/mol. The number of nitro groups is 1. The van der Waals surface area contributed by atoms with Gasteiger partial charge in [0.1, 0.15) is 6.04 Å². The minimum Gasteiger partial charge on any atom is -0.468 e. The number of esters is 3. The molecule has 1 atom stereocenters. The molecule has 45 heavy (non-hydrogen) atoms. The predicted octanol–water partition coefficient (Wildman–Crippen LogP) is 4.56. The summed E-state index contributed by atoms with van der Waals surface area (Å²) in [4.78, 5) is 48.2. The lowest BCUT2D eigenvalue weighted by atomic mass is 9.90. The summed E-state index contributed by atoms with van der Waals surface area (Å²) in [6.07, 6.45) is -0.208. The second kappa shape index (κ2) is 13.9. The van der Waals surface area contributed by atoms with E-state index < -0.39 is 38.9 Å². The van der Waals surface area contributed by atoms with Gasteiger partial charge in [0.25, 0.3) is 5.69 Å². The van der Waals surface area contributed by atoms with Crippen molar-refractivity contribution in [2.45, 2.75) is 17.4 Å². The van der Waals surface area contributed by atoms with E-state index in [1.54, 1.807) is 66.7 Å². The first-order chi connectivity index (χ1) is 21.5. The zero-order chi connectivity index (χ0) is 32.7. The fourth-order valence-electron chi connectivity index (χ4n) is 4.72. The number of carbonyl (C=O) groups excluding carboxylic acids is 3. The molecule has 0 aliphatic heterocycles. The van der Waals surface area contributed by atoms with Crippen molar-refractivity contribution in [3.63, 3.8) is 0 Å².